The zero-order valence-electron chi connectivity index (χ0n) is 15.9. The molecular formula is C21H26FN3O2. The Balaban J connectivity index is 1.51. The number of nitrogens with zero attached hydrogens (tertiary/aromatic N) is 3. The second-order valence-electron chi connectivity index (χ2n) is 6.80. The third-order valence-corrected chi connectivity index (χ3v) is 4.86. The summed E-state index contributed by atoms with van der Waals surface area (Å²) < 4.78 is 19.3. The van der Waals surface area contributed by atoms with Crippen LogP contribution in [0.15, 0.2) is 48.5 Å². The number of ether oxygens (including phenoxy) is 1. The third kappa shape index (κ3) is 4.77. The van der Waals surface area contributed by atoms with Crippen LogP contribution in [0.5, 0.6) is 5.75 Å². The number of halogens is 1. The third-order valence-electron chi connectivity index (χ3n) is 4.86. The van der Waals surface area contributed by atoms with Gasteiger partial charge in [-0.1, -0.05) is 30.3 Å². The summed E-state index contributed by atoms with van der Waals surface area (Å²) in [4.78, 5) is 18.5. The van der Waals surface area contributed by atoms with Gasteiger partial charge in [0.25, 0.3) is 0 Å². The van der Waals surface area contributed by atoms with Crippen LogP contribution in [0.2, 0.25) is 0 Å². The van der Waals surface area contributed by atoms with Gasteiger partial charge in [0.1, 0.15) is 11.6 Å². The summed E-state index contributed by atoms with van der Waals surface area (Å²) in [5.41, 5.74) is 1.66. The zero-order valence-corrected chi connectivity index (χ0v) is 15.9. The second-order valence-corrected chi connectivity index (χ2v) is 6.80. The molecule has 144 valence electrons. The highest BCUT2D eigenvalue weighted by molar-refractivity contribution is 5.78. The Bertz CT molecular complexity index is 776. The van der Waals surface area contributed by atoms with Crippen LogP contribution in [0.25, 0.3) is 0 Å². The summed E-state index contributed by atoms with van der Waals surface area (Å²) in [5, 5.41) is 0. The SMILES string of the molecule is COc1ccccc1CN(C)CC(=O)N1CCN(c2ccccc2F)CC1. The minimum atomic E-state index is -0.214. The molecule has 1 fully saturated rings. The van der Waals surface area contributed by atoms with Crippen LogP contribution >= 0.6 is 0 Å². The van der Waals surface area contributed by atoms with Crippen molar-refractivity contribution >= 4 is 11.6 Å². The Labute approximate surface area is 159 Å². The van der Waals surface area contributed by atoms with E-state index in [1.807, 2.05) is 52.1 Å². The van der Waals surface area contributed by atoms with Gasteiger partial charge in [-0.05, 0) is 25.2 Å². The Hall–Kier alpha value is -2.60. The van der Waals surface area contributed by atoms with Gasteiger partial charge < -0.3 is 14.5 Å². The molecule has 0 saturated carbocycles. The first-order valence-electron chi connectivity index (χ1n) is 9.16. The highest BCUT2D eigenvalue weighted by Gasteiger charge is 2.23. The largest absolute Gasteiger partial charge is 0.496 e. The lowest BCUT2D eigenvalue weighted by molar-refractivity contribution is -0.132. The van der Waals surface area contributed by atoms with Crippen LogP contribution in [-0.2, 0) is 11.3 Å². The van der Waals surface area contributed by atoms with Gasteiger partial charge in [0.15, 0.2) is 0 Å². The molecule has 0 N–H and O–H groups in total. The number of benzene rings is 2. The fraction of sp³-hybridized carbons (Fsp3) is 0.381. The fourth-order valence-electron chi connectivity index (χ4n) is 3.42. The topological polar surface area (TPSA) is 36.0 Å². The molecule has 0 unspecified atom stereocenters. The number of amides is 1. The lowest BCUT2D eigenvalue weighted by Crippen LogP contribution is -2.51. The minimum absolute atomic E-state index is 0.0978. The number of hydrogen-bond donors (Lipinski definition) is 0. The molecule has 3 rings (SSSR count). The summed E-state index contributed by atoms with van der Waals surface area (Å²) >= 11 is 0. The van der Waals surface area contributed by atoms with Gasteiger partial charge in [0.05, 0.1) is 19.3 Å². The predicted octanol–water partition coefficient (Wildman–Crippen LogP) is 2.61. The Kier molecular flexibility index (Phi) is 6.29. The van der Waals surface area contributed by atoms with E-state index in [4.69, 9.17) is 4.74 Å². The molecule has 1 amide bonds. The van der Waals surface area contributed by atoms with E-state index in [0.29, 0.717) is 45.0 Å². The predicted molar refractivity (Wildman–Crippen MR) is 105 cm³/mol. The van der Waals surface area contributed by atoms with E-state index in [1.165, 1.54) is 6.07 Å². The number of para-hydroxylation sites is 2. The molecule has 0 spiro atoms. The second kappa shape index (κ2) is 8.86. The molecule has 2 aromatic rings. The van der Waals surface area contributed by atoms with Gasteiger partial charge in [-0.25, -0.2) is 4.39 Å². The summed E-state index contributed by atoms with van der Waals surface area (Å²) in [6.45, 7) is 3.49. The van der Waals surface area contributed by atoms with Crippen molar-refractivity contribution in [2.45, 2.75) is 6.54 Å². The van der Waals surface area contributed by atoms with Crippen LogP contribution in [0, 0.1) is 5.82 Å². The average molecular weight is 371 g/mol. The average Bonchev–Trinajstić information content (AvgIpc) is 2.69. The first-order chi connectivity index (χ1) is 13.1. The number of hydrogen-bond acceptors (Lipinski definition) is 4. The maximum atomic E-state index is 13.9. The highest BCUT2D eigenvalue weighted by atomic mass is 19.1. The fourth-order valence-corrected chi connectivity index (χ4v) is 3.42. The first-order valence-corrected chi connectivity index (χ1v) is 9.16. The number of rotatable bonds is 6. The van der Waals surface area contributed by atoms with E-state index in [9.17, 15) is 9.18 Å². The molecular weight excluding hydrogens is 345 g/mol. The molecule has 2 aromatic carbocycles. The quantitative estimate of drug-likeness (QED) is 0.782. The van der Waals surface area contributed by atoms with E-state index < -0.39 is 0 Å². The maximum absolute atomic E-state index is 13.9. The van der Waals surface area contributed by atoms with Crippen molar-refractivity contribution in [2.75, 3.05) is 51.8 Å². The van der Waals surface area contributed by atoms with E-state index >= 15 is 0 Å². The van der Waals surface area contributed by atoms with Crippen molar-refractivity contribution in [3.63, 3.8) is 0 Å². The standard InChI is InChI=1S/C21H26FN3O2/c1-23(15-17-7-3-6-10-20(17)27-2)16-21(26)25-13-11-24(12-14-25)19-9-5-4-8-18(19)22/h3-10H,11-16H2,1-2H3. The number of methoxy groups -OCH3 is 1. The smallest absolute Gasteiger partial charge is 0.236 e. The molecule has 1 aliphatic rings. The van der Waals surface area contributed by atoms with E-state index in [0.717, 1.165) is 11.3 Å². The van der Waals surface area contributed by atoms with E-state index in [-0.39, 0.29) is 11.7 Å². The zero-order chi connectivity index (χ0) is 19.2. The van der Waals surface area contributed by atoms with Crippen LogP contribution in [0.4, 0.5) is 10.1 Å². The van der Waals surface area contributed by atoms with Gasteiger partial charge in [-0.2, -0.15) is 0 Å². The minimum Gasteiger partial charge on any atom is -0.496 e. The van der Waals surface area contributed by atoms with Gasteiger partial charge in [0.2, 0.25) is 5.91 Å². The van der Waals surface area contributed by atoms with Crippen molar-refractivity contribution in [3.8, 4) is 5.75 Å². The van der Waals surface area contributed by atoms with Crippen molar-refractivity contribution in [1.82, 2.24) is 9.80 Å². The molecule has 0 atom stereocenters. The number of carbonyl (C=O) groups is 1. The molecule has 5 nitrogen and oxygen atoms in total. The number of carbonyl (C=O) groups excluding carboxylic acids is 1. The molecule has 0 bridgehead atoms. The monoisotopic (exact) mass is 371 g/mol. The molecule has 27 heavy (non-hydrogen) atoms. The lowest BCUT2D eigenvalue weighted by atomic mass is 10.2. The molecule has 0 aromatic heterocycles. The first kappa shape index (κ1) is 19.2. The van der Waals surface area contributed by atoms with E-state index in [2.05, 4.69) is 0 Å². The van der Waals surface area contributed by atoms with Gasteiger partial charge in [0, 0.05) is 38.3 Å². The molecule has 0 radical (unpaired) electrons. The molecule has 1 aliphatic heterocycles. The Morgan fingerprint density at radius 1 is 1.07 bits per heavy atom. The highest BCUT2D eigenvalue weighted by Crippen LogP contribution is 2.21. The molecule has 6 heteroatoms. The van der Waals surface area contributed by atoms with E-state index in [1.54, 1.807) is 19.2 Å². The molecule has 0 aliphatic carbocycles. The van der Waals surface area contributed by atoms with Crippen molar-refractivity contribution < 1.29 is 13.9 Å². The van der Waals surface area contributed by atoms with Crippen molar-refractivity contribution in [2.24, 2.45) is 0 Å². The van der Waals surface area contributed by atoms with Gasteiger partial charge in [-0.3, -0.25) is 9.69 Å². The summed E-state index contributed by atoms with van der Waals surface area (Å²) in [6.07, 6.45) is 0. The lowest BCUT2D eigenvalue weighted by Gasteiger charge is -2.36. The molecule has 1 heterocycles. The van der Waals surface area contributed by atoms with Crippen LogP contribution in [0.3, 0.4) is 0 Å². The summed E-state index contributed by atoms with van der Waals surface area (Å²) in [6, 6.07) is 14.6. The Morgan fingerprint density at radius 3 is 2.44 bits per heavy atom. The summed E-state index contributed by atoms with van der Waals surface area (Å²) in [5.74, 6) is 0.713. The number of piperazine rings is 1. The number of anilines is 1. The van der Waals surface area contributed by atoms with Gasteiger partial charge >= 0.3 is 0 Å². The normalized spacial score (nSPS) is 14.5. The number of likely N-dealkylation sites (N-methyl/N-ethyl adjacent to an activating group) is 1. The van der Waals surface area contributed by atoms with Crippen LogP contribution in [0.1, 0.15) is 5.56 Å². The maximum Gasteiger partial charge on any atom is 0.236 e. The Morgan fingerprint density at radius 2 is 1.74 bits per heavy atom. The van der Waals surface area contributed by atoms with Crippen molar-refractivity contribution in [1.29, 1.82) is 0 Å². The molecule has 1 saturated heterocycles. The summed E-state index contributed by atoms with van der Waals surface area (Å²) in [7, 11) is 3.58. The van der Waals surface area contributed by atoms with Crippen molar-refractivity contribution in [3.05, 3.63) is 59.9 Å². The van der Waals surface area contributed by atoms with Crippen LogP contribution in [-0.4, -0.2) is 62.6 Å². The van der Waals surface area contributed by atoms with Crippen LogP contribution < -0.4 is 9.64 Å². The van der Waals surface area contributed by atoms with Gasteiger partial charge in [-0.15, -0.1) is 0 Å².